The zero-order chi connectivity index (χ0) is 35.9. The number of nitrogens with zero attached hydrogens (tertiary/aromatic N) is 6. The maximum absolute atomic E-state index is 17.1. The quantitative estimate of drug-likeness (QED) is 0.196. The van der Waals surface area contributed by atoms with Crippen LogP contribution in [0.4, 0.5) is 37.3 Å². The maximum atomic E-state index is 17.1. The van der Waals surface area contributed by atoms with Gasteiger partial charge in [0.25, 0.3) is 0 Å². The summed E-state index contributed by atoms with van der Waals surface area (Å²) in [5.41, 5.74) is 1.14. The Balaban J connectivity index is 1.32. The Hall–Kier alpha value is -4.22. The Labute approximate surface area is 291 Å². The van der Waals surface area contributed by atoms with E-state index in [2.05, 4.69) is 21.5 Å². The van der Waals surface area contributed by atoms with Gasteiger partial charge in [0.2, 0.25) is 5.91 Å². The molecule has 6 heterocycles. The van der Waals surface area contributed by atoms with Crippen molar-refractivity contribution in [3.05, 3.63) is 48.1 Å². The molecule has 2 aromatic heterocycles. The van der Waals surface area contributed by atoms with E-state index in [0.717, 1.165) is 36.0 Å². The average molecular weight is 734 g/mol. The predicted molar refractivity (Wildman–Crippen MR) is 178 cm³/mol. The largest absolute Gasteiger partial charge is 0.461 e. The van der Waals surface area contributed by atoms with Gasteiger partial charge in [-0.05, 0) is 50.1 Å². The van der Waals surface area contributed by atoms with Gasteiger partial charge in [-0.1, -0.05) is 17.9 Å². The lowest BCUT2D eigenvalue weighted by atomic mass is 9.91. The number of ether oxygens (including phenoxy) is 2. The molecule has 270 valence electrons. The van der Waals surface area contributed by atoms with Crippen molar-refractivity contribution in [2.45, 2.75) is 49.1 Å². The highest BCUT2D eigenvalue weighted by molar-refractivity contribution is 7.22. The van der Waals surface area contributed by atoms with Gasteiger partial charge in [-0.25, -0.2) is 18.2 Å². The Morgan fingerprint density at radius 1 is 1.16 bits per heavy atom. The first-order chi connectivity index (χ1) is 24.3. The highest BCUT2D eigenvalue weighted by atomic mass is 32.1. The van der Waals surface area contributed by atoms with Crippen LogP contribution in [0.5, 0.6) is 6.01 Å². The molecule has 3 atom stereocenters. The normalized spacial score (nSPS) is 25.4. The molecule has 4 fully saturated rings. The summed E-state index contributed by atoms with van der Waals surface area (Å²) in [6, 6.07) is 2.48. The van der Waals surface area contributed by atoms with Crippen LogP contribution >= 0.6 is 11.3 Å². The number of alkyl halides is 4. The van der Waals surface area contributed by atoms with Gasteiger partial charge in [0.05, 0.1) is 33.5 Å². The number of fused-ring (bicyclic) bond motifs is 3. The maximum Gasteiger partial charge on any atom is 0.417 e. The molecule has 0 radical (unpaired) electrons. The van der Waals surface area contributed by atoms with Crippen molar-refractivity contribution >= 4 is 49.3 Å². The first-order valence-corrected chi connectivity index (χ1v) is 17.4. The van der Waals surface area contributed by atoms with Crippen molar-refractivity contribution in [2.75, 3.05) is 63.2 Å². The number of carbonyl (C=O) groups excluding carboxylic acids is 1. The summed E-state index contributed by atoms with van der Waals surface area (Å²) in [6.07, 6.45) is -2.74. The van der Waals surface area contributed by atoms with E-state index < -0.39 is 51.7 Å². The summed E-state index contributed by atoms with van der Waals surface area (Å²) >= 11 is 0.733. The van der Waals surface area contributed by atoms with Gasteiger partial charge in [-0.15, -0.1) is 0 Å². The lowest BCUT2D eigenvalue weighted by Gasteiger charge is -2.48. The SMILES string of the molecule is C=CC(=O)N1CCN(c2nc(OC[C@@]34CCCN3C[C@H](F)C4)nc3c(F)c(-c4ccc(F)c5sc(N)nc45)c(C(F)(F)F)cc23)CC12CCOC2. The second-order valence-corrected chi connectivity index (χ2v) is 14.7. The van der Waals surface area contributed by atoms with E-state index in [0.29, 0.717) is 26.0 Å². The summed E-state index contributed by atoms with van der Waals surface area (Å²) in [5, 5.41) is -0.344. The lowest BCUT2D eigenvalue weighted by molar-refractivity contribution is -0.137. The molecule has 4 aromatic rings. The minimum atomic E-state index is -5.08. The zero-order valence-corrected chi connectivity index (χ0v) is 28.1. The lowest BCUT2D eigenvalue weighted by Crippen LogP contribution is -2.64. The Bertz CT molecular complexity index is 2070. The van der Waals surface area contributed by atoms with Crippen LogP contribution in [0.1, 0.15) is 31.2 Å². The molecule has 1 spiro atoms. The standard InChI is InChI=1S/C34H33F6N7O3S/c1-2-23(48)47-10-9-45(15-33(47)7-11-49-16-33)29-20-12-21(34(38,39)40)24(19-4-5-22(36)28-27(19)42-30(41)51-28)25(37)26(20)43-31(44-29)50-17-32-6-3-8-46(32)14-18(35)13-32/h2,4-5,12,18H,1,3,6-11,13-17H2,(H2,41,42)/t18-,32+,33?/m1/s1. The number of rotatable bonds is 6. The number of halogens is 6. The average Bonchev–Trinajstić information content (AvgIpc) is 3.87. The number of nitrogen functional groups attached to an aromatic ring is 1. The molecule has 17 heteroatoms. The molecule has 4 saturated heterocycles. The van der Waals surface area contributed by atoms with Crippen molar-refractivity contribution in [2.24, 2.45) is 0 Å². The Morgan fingerprint density at radius 2 is 1.98 bits per heavy atom. The van der Waals surface area contributed by atoms with Crippen molar-refractivity contribution in [1.82, 2.24) is 24.8 Å². The van der Waals surface area contributed by atoms with Crippen molar-refractivity contribution in [3.8, 4) is 17.1 Å². The van der Waals surface area contributed by atoms with Gasteiger partial charge in [-0.3, -0.25) is 9.69 Å². The summed E-state index contributed by atoms with van der Waals surface area (Å²) in [6.45, 7) is 5.48. The number of carbonyl (C=O) groups is 1. The smallest absolute Gasteiger partial charge is 0.417 e. The molecule has 4 aliphatic rings. The monoisotopic (exact) mass is 733 g/mol. The van der Waals surface area contributed by atoms with Crippen molar-refractivity contribution < 1.29 is 40.6 Å². The third kappa shape index (κ3) is 5.55. The van der Waals surface area contributed by atoms with E-state index in [1.807, 2.05) is 4.90 Å². The molecule has 1 amide bonds. The van der Waals surface area contributed by atoms with E-state index in [9.17, 15) is 26.7 Å². The number of amides is 1. The first kappa shape index (κ1) is 33.9. The molecule has 1 unspecified atom stereocenters. The fourth-order valence-electron chi connectivity index (χ4n) is 8.37. The van der Waals surface area contributed by atoms with Gasteiger partial charge < -0.3 is 25.0 Å². The van der Waals surface area contributed by atoms with Crippen LogP contribution in [0, 0.1) is 11.6 Å². The second-order valence-electron chi connectivity index (χ2n) is 13.7. The fourth-order valence-corrected chi connectivity index (χ4v) is 9.14. The van der Waals surface area contributed by atoms with E-state index >= 15 is 4.39 Å². The van der Waals surface area contributed by atoms with Crippen molar-refractivity contribution in [3.63, 3.8) is 0 Å². The van der Waals surface area contributed by atoms with Gasteiger partial charge in [0, 0.05) is 55.7 Å². The molecule has 10 nitrogen and oxygen atoms in total. The summed E-state index contributed by atoms with van der Waals surface area (Å²) in [5.74, 6) is -2.44. The van der Waals surface area contributed by atoms with Gasteiger partial charge in [0.15, 0.2) is 10.9 Å². The van der Waals surface area contributed by atoms with Gasteiger partial charge >= 0.3 is 12.2 Å². The predicted octanol–water partition coefficient (Wildman–Crippen LogP) is 5.73. The summed E-state index contributed by atoms with van der Waals surface area (Å²) < 4.78 is 103. The van der Waals surface area contributed by atoms with Crippen LogP contribution in [0.25, 0.3) is 32.2 Å². The molecule has 4 aliphatic heterocycles. The number of hydrogen-bond acceptors (Lipinski definition) is 10. The van der Waals surface area contributed by atoms with Crippen LogP contribution < -0.4 is 15.4 Å². The van der Waals surface area contributed by atoms with Crippen LogP contribution in [0.15, 0.2) is 30.9 Å². The van der Waals surface area contributed by atoms with Crippen LogP contribution in [0.3, 0.4) is 0 Å². The topological polar surface area (TPSA) is 110 Å². The molecule has 0 bridgehead atoms. The number of benzene rings is 2. The zero-order valence-electron chi connectivity index (χ0n) is 27.2. The number of thiazole rings is 1. The highest BCUT2D eigenvalue weighted by Gasteiger charge is 2.50. The van der Waals surface area contributed by atoms with Gasteiger partial charge in [-0.2, -0.15) is 23.1 Å². The van der Waals surface area contributed by atoms with Gasteiger partial charge in [0.1, 0.15) is 29.9 Å². The molecule has 8 rings (SSSR count). The molecule has 2 aromatic carbocycles. The molecule has 51 heavy (non-hydrogen) atoms. The minimum absolute atomic E-state index is 0.0104. The van der Waals surface area contributed by atoms with Crippen LogP contribution in [-0.4, -0.2) is 100 Å². The van der Waals surface area contributed by atoms with Crippen LogP contribution in [0.2, 0.25) is 0 Å². The van der Waals surface area contributed by atoms with E-state index in [-0.39, 0.29) is 89.8 Å². The molecule has 2 N–H and O–H groups in total. The third-order valence-electron chi connectivity index (χ3n) is 10.7. The molecule has 0 saturated carbocycles. The van der Waals surface area contributed by atoms with E-state index in [4.69, 9.17) is 15.2 Å². The molecule has 0 aliphatic carbocycles. The summed E-state index contributed by atoms with van der Waals surface area (Å²) in [7, 11) is 0. The van der Waals surface area contributed by atoms with E-state index in [1.165, 1.54) is 6.08 Å². The summed E-state index contributed by atoms with van der Waals surface area (Å²) in [4.78, 5) is 31.3. The number of piperazine rings is 1. The molecular weight excluding hydrogens is 700 g/mol. The first-order valence-electron chi connectivity index (χ1n) is 16.6. The number of aromatic nitrogens is 3. The fraction of sp³-hybridized carbons (Fsp3) is 0.471. The third-order valence-corrected chi connectivity index (χ3v) is 11.6. The molecular formula is C34H33F6N7O3S. The minimum Gasteiger partial charge on any atom is -0.461 e. The Morgan fingerprint density at radius 3 is 2.73 bits per heavy atom. The Kier molecular flexibility index (Phi) is 8.10. The number of hydrogen-bond donors (Lipinski definition) is 1. The number of nitrogens with two attached hydrogens (primary N) is 1. The second kappa shape index (κ2) is 12.2. The highest BCUT2D eigenvalue weighted by Crippen LogP contribution is 2.47. The van der Waals surface area contributed by atoms with Crippen LogP contribution in [-0.2, 0) is 15.7 Å². The van der Waals surface area contributed by atoms with E-state index in [1.54, 1.807) is 9.80 Å². The van der Waals surface area contributed by atoms with Crippen molar-refractivity contribution in [1.29, 1.82) is 0 Å². The number of anilines is 2.